The van der Waals surface area contributed by atoms with Crippen molar-refractivity contribution < 1.29 is 9.84 Å². The molecule has 2 heteroatoms. The molecule has 1 aliphatic rings. The largest absolute Gasteiger partial charge is 0.491 e. The molecule has 0 unspecified atom stereocenters. The number of benzene rings is 1. The van der Waals surface area contributed by atoms with E-state index >= 15 is 0 Å². The highest BCUT2D eigenvalue weighted by Crippen LogP contribution is 2.29. The summed E-state index contributed by atoms with van der Waals surface area (Å²) in [6.45, 7) is 4.60. The van der Waals surface area contributed by atoms with Crippen molar-refractivity contribution in [2.75, 3.05) is 6.61 Å². The molecule has 0 saturated heterocycles. The van der Waals surface area contributed by atoms with Gasteiger partial charge in [-0.25, -0.2) is 0 Å². The normalized spacial score (nSPS) is 19.0. The molecule has 0 bridgehead atoms. The number of aryl methyl sites for hydroxylation is 2. The monoisotopic (exact) mass is 234 g/mol. The summed E-state index contributed by atoms with van der Waals surface area (Å²) < 4.78 is 5.73. The Morgan fingerprint density at radius 3 is 2.47 bits per heavy atom. The van der Waals surface area contributed by atoms with Crippen molar-refractivity contribution in [3.8, 4) is 5.75 Å². The number of aliphatic hydroxyl groups is 1. The minimum atomic E-state index is -0.600. The third-order valence-electron chi connectivity index (χ3n) is 3.77. The summed E-state index contributed by atoms with van der Waals surface area (Å²) in [6.07, 6.45) is 5.22. The van der Waals surface area contributed by atoms with Crippen molar-refractivity contribution in [1.82, 2.24) is 0 Å². The quantitative estimate of drug-likeness (QED) is 0.868. The van der Waals surface area contributed by atoms with Crippen molar-refractivity contribution in [3.05, 3.63) is 29.3 Å². The van der Waals surface area contributed by atoms with Crippen LogP contribution in [0.25, 0.3) is 0 Å². The van der Waals surface area contributed by atoms with E-state index < -0.39 is 5.60 Å². The Balaban J connectivity index is 1.94. The summed E-state index contributed by atoms with van der Waals surface area (Å²) in [5.74, 6) is 0.868. The Hall–Kier alpha value is -1.02. The molecule has 1 aromatic carbocycles. The first kappa shape index (κ1) is 12.4. The lowest BCUT2D eigenvalue weighted by molar-refractivity contribution is -0.0339. The van der Waals surface area contributed by atoms with Crippen LogP contribution in [0, 0.1) is 13.8 Å². The van der Waals surface area contributed by atoms with Crippen LogP contribution < -0.4 is 4.74 Å². The Labute approximate surface area is 104 Å². The van der Waals surface area contributed by atoms with Gasteiger partial charge in [0.25, 0.3) is 0 Å². The van der Waals surface area contributed by atoms with Crippen LogP contribution in [0.2, 0.25) is 0 Å². The van der Waals surface area contributed by atoms with Gasteiger partial charge in [0.05, 0.1) is 5.60 Å². The molecule has 0 heterocycles. The van der Waals surface area contributed by atoms with Gasteiger partial charge in [0.15, 0.2) is 0 Å². The molecule has 0 spiro atoms. The van der Waals surface area contributed by atoms with Crippen LogP contribution in [0.15, 0.2) is 18.2 Å². The van der Waals surface area contributed by atoms with Crippen LogP contribution in [-0.2, 0) is 0 Å². The first-order chi connectivity index (χ1) is 8.09. The van der Waals surface area contributed by atoms with Gasteiger partial charge in [0, 0.05) is 0 Å². The first-order valence-corrected chi connectivity index (χ1v) is 6.52. The van der Waals surface area contributed by atoms with E-state index in [1.54, 1.807) is 0 Å². The summed E-state index contributed by atoms with van der Waals surface area (Å²) >= 11 is 0. The molecule has 0 atom stereocenters. The minimum absolute atomic E-state index is 0.426. The molecule has 0 amide bonds. The van der Waals surface area contributed by atoms with Crippen LogP contribution in [0.3, 0.4) is 0 Å². The molecule has 1 N–H and O–H groups in total. The van der Waals surface area contributed by atoms with Gasteiger partial charge in [0.2, 0.25) is 0 Å². The predicted octanol–water partition coefficient (Wildman–Crippen LogP) is 3.38. The van der Waals surface area contributed by atoms with E-state index in [1.807, 2.05) is 12.1 Å². The maximum atomic E-state index is 10.3. The van der Waals surface area contributed by atoms with Gasteiger partial charge < -0.3 is 9.84 Å². The highest BCUT2D eigenvalue weighted by Gasteiger charge is 2.29. The molecule has 17 heavy (non-hydrogen) atoms. The van der Waals surface area contributed by atoms with E-state index in [9.17, 15) is 5.11 Å². The molecule has 1 aromatic rings. The fraction of sp³-hybridized carbons (Fsp3) is 0.600. The van der Waals surface area contributed by atoms with Gasteiger partial charge in [-0.15, -0.1) is 0 Å². The average Bonchev–Trinajstić information content (AvgIpc) is 2.32. The second-order valence-electron chi connectivity index (χ2n) is 5.32. The maximum absolute atomic E-state index is 10.3. The lowest BCUT2D eigenvalue weighted by Crippen LogP contribution is -2.37. The summed E-state index contributed by atoms with van der Waals surface area (Å²) in [4.78, 5) is 0. The molecule has 1 aliphatic carbocycles. The molecular weight excluding hydrogens is 212 g/mol. The molecule has 1 fully saturated rings. The van der Waals surface area contributed by atoms with E-state index in [0.717, 1.165) is 31.4 Å². The lowest BCUT2D eigenvalue weighted by Gasteiger charge is -2.31. The van der Waals surface area contributed by atoms with Crippen molar-refractivity contribution in [2.24, 2.45) is 0 Å². The van der Waals surface area contributed by atoms with Crippen molar-refractivity contribution >= 4 is 0 Å². The number of hydrogen-bond donors (Lipinski definition) is 1. The highest BCUT2D eigenvalue weighted by molar-refractivity contribution is 5.33. The molecule has 0 aliphatic heterocycles. The summed E-state index contributed by atoms with van der Waals surface area (Å²) in [5.41, 5.74) is 1.91. The zero-order valence-electron chi connectivity index (χ0n) is 10.8. The standard InChI is InChI=1S/C15H22O2/c1-12-6-7-14(10-13(12)2)17-11-15(16)8-4-3-5-9-15/h6-7,10,16H,3-5,8-9,11H2,1-2H3. The number of hydrogen-bond acceptors (Lipinski definition) is 2. The second kappa shape index (κ2) is 5.09. The topological polar surface area (TPSA) is 29.5 Å². The summed E-state index contributed by atoms with van der Waals surface area (Å²) in [7, 11) is 0. The van der Waals surface area contributed by atoms with Gasteiger partial charge in [-0.05, 0) is 49.9 Å². The molecule has 2 nitrogen and oxygen atoms in total. The van der Waals surface area contributed by atoms with Crippen LogP contribution in [-0.4, -0.2) is 17.3 Å². The average molecular weight is 234 g/mol. The summed E-state index contributed by atoms with van der Waals surface area (Å²) in [5, 5.41) is 10.3. The second-order valence-corrected chi connectivity index (χ2v) is 5.32. The third kappa shape index (κ3) is 3.22. The Morgan fingerprint density at radius 2 is 1.82 bits per heavy atom. The van der Waals surface area contributed by atoms with E-state index in [0.29, 0.717) is 6.61 Å². The molecule has 0 aromatic heterocycles. The number of ether oxygens (including phenoxy) is 1. The van der Waals surface area contributed by atoms with Crippen molar-refractivity contribution in [1.29, 1.82) is 0 Å². The van der Waals surface area contributed by atoms with Gasteiger partial charge in [0.1, 0.15) is 12.4 Å². The summed E-state index contributed by atoms with van der Waals surface area (Å²) in [6, 6.07) is 6.09. The van der Waals surface area contributed by atoms with Gasteiger partial charge in [-0.1, -0.05) is 25.3 Å². The zero-order chi connectivity index (χ0) is 12.3. The first-order valence-electron chi connectivity index (χ1n) is 6.52. The lowest BCUT2D eigenvalue weighted by atomic mass is 9.85. The smallest absolute Gasteiger partial charge is 0.119 e. The van der Waals surface area contributed by atoms with Crippen LogP contribution >= 0.6 is 0 Å². The van der Waals surface area contributed by atoms with Crippen LogP contribution in [0.4, 0.5) is 0 Å². The molecular formula is C15H22O2. The van der Waals surface area contributed by atoms with E-state index in [2.05, 4.69) is 19.9 Å². The van der Waals surface area contributed by atoms with E-state index in [4.69, 9.17) is 4.74 Å². The Morgan fingerprint density at radius 1 is 1.12 bits per heavy atom. The zero-order valence-corrected chi connectivity index (χ0v) is 10.8. The molecule has 1 saturated carbocycles. The van der Waals surface area contributed by atoms with Crippen molar-refractivity contribution in [2.45, 2.75) is 51.6 Å². The fourth-order valence-corrected chi connectivity index (χ4v) is 2.38. The van der Waals surface area contributed by atoms with Gasteiger partial charge in [-0.2, -0.15) is 0 Å². The van der Waals surface area contributed by atoms with Crippen LogP contribution in [0.1, 0.15) is 43.2 Å². The number of rotatable bonds is 3. The highest BCUT2D eigenvalue weighted by atomic mass is 16.5. The SMILES string of the molecule is Cc1ccc(OCC2(O)CCCCC2)cc1C. The minimum Gasteiger partial charge on any atom is -0.491 e. The third-order valence-corrected chi connectivity index (χ3v) is 3.77. The van der Waals surface area contributed by atoms with Gasteiger partial charge in [-0.3, -0.25) is 0 Å². The fourth-order valence-electron chi connectivity index (χ4n) is 2.38. The van der Waals surface area contributed by atoms with Crippen LogP contribution in [0.5, 0.6) is 5.75 Å². The Bertz CT molecular complexity index is 379. The predicted molar refractivity (Wildman–Crippen MR) is 69.4 cm³/mol. The Kier molecular flexibility index (Phi) is 3.72. The molecule has 0 radical (unpaired) electrons. The van der Waals surface area contributed by atoms with Gasteiger partial charge >= 0.3 is 0 Å². The van der Waals surface area contributed by atoms with Crippen molar-refractivity contribution in [3.63, 3.8) is 0 Å². The molecule has 94 valence electrons. The molecule has 2 rings (SSSR count). The maximum Gasteiger partial charge on any atom is 0.119 e. The van der Waals surface area contributed by atoms with E-state index in [1.165, 1.54) is 17.5 Å². The van der Waals surface area contributed by atoms with E-state index in [-0.39, 0.29) is 0 Å².